The first-order valence-electron chi connectivity index (χ1n) is 12.5. The summed E-state index contributed by atoms with van der Waals surface area (Å²) in [6.07, 6.45) is -7.28. The summed E-state index contributed by atoms with van der Waals surface area (Å²) in [6.45, 7) is 6.42. The van der Waals surface area contributed by atoms with Crippen LogP contribution in [0.25, 0.3) is 0 Å². The number of nitrogens with two attached hydrogens (primary N) is 1. The molecule has 0 saturated carbocycles. The average Bonchev–Trinajstić information content (AvgIpc) is 3.08. The molecule has 2 bridgehead atoms. The third kappa shape index (κ3) is 5.28. The number of esters is 1. The largest absolute Gasteiger partial charge is 0.479 e. The Balaban J connectivity index is 1.93. The van der Waals surface area contributed by atoms with Crippen molar-refractivity contribution in [3.05, 3.63) is 48.0 Å². The van der Waals surface area contributed by atoms with Crippen LogP contribution < -0.4 is 11.1 Å². The Labute approximate surface area is 229 Å². The van der Waals surface area contributed by atoms with Crippen LogP contribution in [0.5, 0.6) is 0 Å². The summed E-state index contributed by atoms with van der Waals surface area (Å²) in [5.74, 6) is -7.96. The molecule has 14 heteroatoms. The van der Waals surface area contributed by atoms with Crippen LogP contribution in [0.1, 0.15) is 32.3 Å². The second-order valence-electron chi connectivity index (χ2n) is 10.2. The molecule has 2 aliphatic rings. The number of nitrogens with one attached hydrogen (secondary N) is 2. The standard InChI is InChI=1S/C26H35N3O11/c1-13(18(38-15(3)30)14(2)11-16-7-5-4-6-8-16)9-10-24-19(31)20(32)26(40-24,22(35)36)25(37,21(33)34)17(39-24)12-29-23(27)28/h4-8,14,17-20,31-32,37H,1,9-12H2,2-3H3,(H,33,34)(H,35,36)(H4,27,28,29). The van der Waals surface area contributed by atoms with Crippen molar-refractivity contribution in [3.63, 3.8) is 0 Å². The molecule has 3 rings (SSSR count). The Morgan fingerprint density at radius 2 is 1.80 bits per heavy atom. The van der Waals surface area contributed by atoms with Gasteiger partial charge in [-0.2, -0.15) is 0 Å². The summed E-state index contributed by atoms with van der Waals surface area (Å²) in [4.78, 5) is 36.6. The summed E-state index contributed by atoms with van der Waals surface area (Å²) >= 11 is 0. The Bertz CT molecular complexity index is 1160. The van der Waals surface area contributed by atoms with Crippen LogP contribution in [-0.2, 0) is 35.0 Å². The van der Waals surface area contributed by atoms with Gasteiger partial charge in [-0.3, -0.25) is 10.2 Å². The predicted octanol–water partition coefficient (Wildman–Crippen LogP) is -0.897. The summed E-state index contributed by atoms with van der Waals surface area (Å²) in [6, 6.07) is 9.42. The number of fused-ring (bicyclic) bond motifs is 2. The monoisotopic (exact) mass is 565 g/mol. The Morgan fingerprint density at radius 1 is 1.18 bits per heavy atom. The minimum absolute atomic E-state index is 0.0884. The summed E-state index contributed by atoms with van der Waals surface area (Å²) in [7, 11) is 0. The molecule has 1 aromatic carbocycles. The van der Waals surface area contributed by atoms with E-state index in [1.54, 1.807) is 0 Å². The molecule has 2 aliphatic heterocycles. The smallest absolute Gasteiger partial charge is 0.342 e. The Hall–Kier alpha value is -3.56. The summed E-state index contributed by atoms with van der Waals surface area (Å²) in [5, 5.41) is 62.5. The molecule has 2 heterocycles. The summed E-state index contributed by atoms with van der Waals surface area (Å²) in [5.41, 5.74) is -0.0516. The molecule has 0 amide bonds. The zero-order valence-corrected chi connectivity index (χ0v) is 22.1. The summed E-state index contributed by atoms with van der Waals surface area (Å²) < 4.78 is 16.8. The van der Waals surface area contributed by atoms with Gasteiger partial charge in [-0.15, -0.1) is 0 Å². The molecule has 8 atom stereocenters. The maximum absolute atomic E-state index is 12.4. The molecule has 0 aromatic heterocycles. The van der Waals surface area contributed by atoms with Gasteiger partial charge < -0.3 is 50.8 Å². The van der Waals surface area contributed by atoms with Crippen molar-refractivity contribution in [1.29, 1.82) is 5.41 Å². The molecule has 14 nitrogen and oxygen atoms in total. The van der Waals surface area contributed by atoms with Gasteiger partial charge in [-0.05, 0) is 24.0 Å². The molecule has 220 valence electrons. The zero-order valence-electron chi connectivity index (χ0n) is 22.1. The number of aliphatic hydroxyl groups is 3. The molecular weight excluding hydrogens is 530 g/mol. The fourth-order valence-electron chi connectivity index (χ4n) is 5.45. The number of carboxylic acid groups (broad SMARTS) is 2. The highest BCUT2D eigenvalue weighted by atomic mass is 16.8. The fourth-order valence-corrected chi connectivity index (χ4v) is 5.45. The van der Waals surface area contributed by atoms with E-state index in [2.05, 4.69) is 11.9 Å². The van der Waals surface area contributed by atoms with Crippen molar-refractivity contribution in [3.8, 4) is 0 Å². The second-order valence-corrected chi connectivity index (χ2v) is 10.2. The number of benzene rings is 1. The highest BCUT2D eigenvalue weighted by Gasteiger charge is 2.83. The van der Waals surface area contributed by atoms with Crippen LogP contribution in [0.15, 0.2) is 42.5 Å². The first-order valence-corrected chi connectivity index (χ1v) is 12.5. The van der Waals surface area contributed by atoms with E-state index in [1.165, 1.54) is 6.92 Å². The molecule has 40 heavy (non-hydrogen) atoms. The van der Waals surface area contributed by atoms with E-state index in [9.17, 15) is 39.9 Å². The van der Waals surface area contributed by atoms with Gasteiger partial charge >= 0.3 is 17.9 Å². The van der Waals surface area contributed by atoms with Crippen LogP contribution in [0.2, 0.25) is 0 Å². The number of carbonyl (C=O) groups is 3. The van der Waals surface area contributed by atoms with Crippen LogP contribution in [0, 0.1) is 11.3 Å². The van der Waals surface area contributed by atoms with E-state index >= 15 is 0 Å². The van der Waals surface area contributed by atoms with Gasteiger partial charge in [-0.25, -0.2) is 9.59 Å². The lowest BCUT2D eigenvalue weighted by Gasteiger charge is -2.50. The second kappa shape index (κ2) is 11.5. The molecule has 9 N–H and O–H groups in total. The zero-order chi connectivity index (χ0) is 30.0. The lowest BCUT2D eigenvalue weighted by Crippen LogP contribution is -2.77. The first kappa shape index (κ1) is 31.0. The van der Waals surface area contributed by atoms with Gasteiger partial charge in [0.15, 0.2) is 11.7 Å². The third-order valence-electron chi connectivity index (χ3n) is 7.40. The van der Waals surface area contributed by atoms with Crippen molar-refractivity contribution >= 4 is 23.9 Å². The quantitative estimate of drug-likeness (QED) is 0.0664. The minimum atomic E-state index is -3.41. The lowest BCUT2D eigenvalue weighted by atomic mass is 9.74. The van der Waals surface area contributed by atoms with Crippen LogP contribution in [0.3, 0.4) is 0 Å². The average molecular weight is 566 g/mol. The van der Waals surface area contributed by atoms with Crippen molar-refractivity contribution in [2.24, 2.45) is 11.7 Å². The Kier molecular flexibility index (Phi) is 8.91. The van der Waals surface area contributed by atoms with Crippen LogP contribution in [0.4, 0.5) is 0 Å². The number of carbonyl (C=O) groups excluding carboxylic acids is 1. The first-order chi connectivity index (χ1) is 18.6. The molecule has 1 aromatic rings. The SMILES string of the molecule is C=C(CCC12OC(CNC(=N)N)C(O)(C(=O)O)C(C(=O)O)(O1)C(O)C2O)C(OC(C)=O)C(C)Cc1ccccc1. The van der Waals surface area contributed by atoms with Gasteiger partial charge in [0.05, 0.1) is 0 Å². The van der Waals surface area contributed by atoms with Crippen LogP contribution >= 0.6 is 0 Å². The molecule has 0 radical (unpaired) electrons. The highest BCUT2D eigenvalue weighted by Crippen LogP contribution is 2.54. The van der Waals surface area contributed by atoms with Gasteiger partial charge in [0, 0.05) is 25.8 Å². The van der Waals surface area contributed by atoms with E-state index < -0.39 is 71.8 Å². The van der Waals surface area contributed by atoms with Crippen LogP contribution in [-0.4, -0.2) is 97.3 Å². The predicted molar refractivity (Wildman–Crippen MR) is 137 cm³/mol. The number of ether oxygens (including phenoxy) is 3. The number of aliphatic hydroxyl groups excluding tert-OH is 2. The van der Waals surface area contributed by atoms with E-state index in [1.807, 2.05) is 37.3 Å². The number of rotatable bonds is 12. The fraction of sp³-hybridized carbons (Fsp3) is 0.538. The van der Waals surface area contributed by atoms with Crippen molar-refractivity contribution in [1.82, 2.24) is 5.32 Å². The van der Waals surface area contributed by atoms with Crippen molar-refractivity contribution < 1.29 is 54.1 Å². The lowest BCUT2D eigenvalue weighted by molar-refractivity contribution is -0.377. The van der Waals surface area contributed by atoms with Gasteiger partial charge in [-0.1, -0.05) is 43.8 Å². The van der Waals surface area contributed by atoms with Crippen molar-refractivity contribution in [2.45, 2.75) is 74.5 Å². The molecule has 8 unspecified atom stereocenters. The minimum Gasteiger partial charge on any atom is -0.479 e. The molecule has 2 fully saturated rings. The van der Waals surface area contributed by atoms with Crippen molar-refractivity contribution in [2.75, 3.05) is 6.54 Å². The highest BCUT2D eigenvalue weighted by molar-refractivity contribution is 5.93. The molecular formula is C26H35N3O11. The molecule has 0 spiro atoms. The maximum atomic E-state index is 12.4. The number of hydrogen-bond acceptors (Lipinski definition) is 10. The topological polar surface area (TPSA) is 242 Å². The number of aliphatic carboxylic acids is 2. The Morgan fingerprint density at radius 3 is 2.33 bits per heavy atom. The number of guanidine groups is 1. The van der Waals surface area contributed by atoms with E-state index in [-0.39, 0.29) is 18.8 Å². The van der Waals surface area contributed by atoms with E-state index in [0.29, 0.717) is 12.0 Å². The molecule has 0 aliphatic carbocycles. The molecule has 2 saturated heterocycles. The number of carboxylic acids is 2. The van der Waals surface area contributed by atoms with E-state index in [4.69, 9.17) is 25.4 Å². The van der Waals surface area contributed by atoms with E-state index in [0.717, 1.165) is 5.56 Å². The van der Waals surface area contributed by atoms with Gasteiger partial charge in [0.1, 0.15) is 24.4 Å². The normalized spacial score (nSPS) is 32.5. The van der Waals surface area contributed by atoms with Gasteiger partial charge in [0.25, 0.3) is 0 Å². The maximum Gasteiger partial charge on any atom is 0.342 e. The van der Waals surface area contributed by atoms with Gasteiger partial charge in [0.2, 0.25) is 11.2 Å². The number of hydrogen-bond donors (Lipinski definition) is 8. The third-order valence-corrected chi connectivity index (χ3v) is 7.40.